The lowest BCUT2D eigenvalue weighted by Gasteiger charge is -2.29. The van der Waals surface area contributed by atoms with Gasteiger partial charge in [-0.3, -0.25) is 9.48 Å². The van der Waals surface area contributed by atoms with Crippen molar-refractivity contribution in [2.75, 3.05) is 14.2 Å². The highest BCUT2D eigenvalue weighted by Crippen LogP contribution is 2.35. The van der Waals surface area contributed by atoms with Crippen molar-refractivity contribution in [2.24, 2.45) is 0 Å². The zero-order valence-electron chi connectivity index (χ0n) is 16.0. The highest BCUT2D eigenvalue weighted by Gasteiger charge is 2.25. The number of benzene rings is 1. The number of carbonyl (C=O) groups excluding carboxylic acids is 1. The summed E-state index contributed by atoms with van der Waals surface area (Å²) in [6.07, 6.45) is 7.60. The van der Waals surface area contributed by atoms with Gasteiger partial charge in [-0.2, -0.15) is 5.10 Å². The van der Waals surface area contributed by atoms with Crippen LogP contribution in [0.3, 0.4) is 0 Å². The van der Waals surface area contributed by atoms with Gasteiger partial charge in [0.2, 0.25) is 0 Å². The fraction of sp³-hybridized carbons (Fsp3) is 0.381. The minimum absolute atomic E-state index is 0.0539. The lowest BCUT2D eigenvalue weighted by atomic mass is 9.91. The van der Waals surface area contributed by atoms with Crippen molar-refractivity contribution in [3.05, 3.63) is 58.6 Å². The van der Waals surface area contributed by atoms with Crippen LogP contribution in [-0.2, 0) is 4.74 Å². The van der Waals surface area contributed by atoms with Crippen LogP contribution in [0, 0.1) is 0 Å². The number of pyridine rings is 1. The fourth-order valence-electron chi connectivity index (χ4n) is 4.04. The molecule has 1 aliphatic carbocycles. The molecule has 0 N–H and O–H groups in total. The molecule has 3 aromatic rings. The number of hydrogen-bond acceptors (Lipinski definition) is 5. The summed E-state index contributed by atoms with van der Waals surface area (Å²) >= 11 is 0. The third kappa shape index (κ3) is 3.28. The summed E-state index contributed by atoms with van der Waals surface area (Å²) < 4.78 is 14.0. The van der Waals surface area contributed by atoms with Crippen molar-refractivity contribution in [1.29, 1.82) is 0 Å². The van der Waals surface area contributed by atoms with E-state index < -0.39 is 5.97 Å². The van der Waals surface area contributed by atoms with Crippen LogP contribution >= 0.6 is 0 Å². The smallest absolute Gasteiger partial charge is 0.341 e. The van der Waals surface area contributed by atoms with Crippen LogP contribution in [0.4, 0.5) is 0 Å². The van der Waals surface area contributed by atoms with Crippen LogP contribution in [0.1, 0.15) is 48.1 Å². The largest absolute Gasteiger partial charge is 0.496 e. The average molecular weight is 381 g/mol. The molecule has 0 atom stereocenters. The van der Waals surface area contributed by atoms with Crippen molar-refractivity contribution in [3.8, 4) is 5.75 Å². The normalized spacial score (nSPS) is 19.5. The molecule has 2 heterocycles. The van der Waals surface area contributed by atoms with Crippen LogP contribution in [0.15, 0.2) is 47.5 Å². The van der Waals surface area contributed by atoms with Gasteiger partial charge < -0.3 is 14.0 Å². The number of methoxy groups -OCH3 is 2. The first-order valence-electron chi connectivity index (χ1n) is 9.43. The van der Waals surface area contributed by atoms with E-state index in [0.717, 1.165) is 36.6 Å². The molecule has 0 unspecified atom stereocenters. The summed E-state index contributed by atoms with van der Waals surface area (Å²) in [5, 5.41) is 5.58. The zero-order chi connectivity index (χ0) is 19.7. The predicted octanol–water partition coefficient (Wildman–Crippen LogP) is 3.35. The molecule has 0 amide bonds. The summed E-state index contributed by atoms with van der Waals surface area (Å²) in [6, 6.07) is 9.33. The predicted molar refractivity (Wildman–Crippen MR) is 105 cm³/mol. The van der Waals surface area contributed by atoms with Crippen LogP contribution in [0.5, 0.6) is 5.75 Å². The highest BCUT2D eigenvalue weighted by molar-refractivity contribution is 5.97. The van der Waals surface area contributed by atoms with Crippen molar-refractivity contribution >= 4 is 16.9 Å². The number of fused-ring (bicyclic) bond motifs is 1. The number of esters is 1. The second kappa shape index (κ2) is 7.50. The van der Waals surface area contributed by atoms with Gasteiger partial charge >= 0.3 is 5.97 Å². The second-order valence-electron chi connectivity index (χ2n) is 7.12. The standard InChI is InChI=1S/C21H23N3O4/c1-27-19-12-18-14(11-17(19)21(26)28-2)13-24(22-18)16-8-6-15(7-9-16)23-10-4-3-5-20(23)25/h3-5,10-13,15-16H,6-9H2,1-2H3. The van der Waals surface area contributed by atoms with E-state index in [9.17, 15) is 9.59 Å². The number of rotatable bonds is 4. The van der Waals surface area contributed by atoms with Crippen LogP contribution in [0.25, 0.3) is 10.9 Å². The summed E-state index contributed by atoms with van der Waals surface area (Å²) in [7, 11) is 2.88. The minimum atomic E-state index is -0.430. The van der Waals surface area contributed by atoms with E-state index in [2.05, 4.69) is 0 Å². The molecular weight excluding hydrogens is 358 g/mol. The summed E-state index contributed by atoms with van der Waals surface area (Å²) in [5.74, 6) is 0.0251. The molecule has 0 spiro atoms. The number of carbonyl (C=O) groups is 1. The Bertz CT molecular complexity index is 1060. The van der Waals surface area contributed by atoms with Gasteiger partial charge in [-0.05, 0) is 37.8 Å². The molecule has 7 nitrogen and oxygen atoms in total. The third-order valence-corrected chi connectivity index (χ3v) is 5.53. The lowest BCUT2D eigenvalue weighted by molar-refractivity contribution is 0.0597. The Labute approximate surface area is 162 Å². The first kappa shape index (κ1) is 18.3. The Morgan fingerprint density at radius 1 is 1.11 bits per heavy atom. The maximum absolute atomic E-state index is 12.1. The summed E-state index contributed by atoms with van der Waals surface area (Å²) in [6.45, 7) is 0. The van der Waals surface area contributed by atoms with Crippen molar-refractivity contribution in [1.82, 2.24) is 14.3 Å². The molecule has 4 rings (SSSR count). The van der Waals surface area contributed by atoms with Crippen molar-refractivity contribution in [2.45, 2.75) is 37.8 Å². The van der Waals surface area contributed by atoms with Gasteiger partial charge in [0.25, 0.3) is 5.56 Å². The molecule has 0 bridgehead atoms. The molecule has 7 heteroatoms. The van der Waals surface area contributed by atoms with E-state index in [1.165, 1.54) is 14.2 Å². The minimum Gasteiger partial charge on any atom is -0.496 e. The lowest BCUT2D eigenvalue weighted by Crippen LogP contribution is -2.27. The van der Waals surface area contributed by atoms with E-state index in [4.69, 9.17) is 14.6 Å². The molecule has 146 valence electrons. The molecule has 0 aliphatic heterocycles. The molecule has 0 radical (unpaired) electrons. The number of aromatic nitrogens is 3. The van der Waals surface area contributed by atoms with Crippen molar-refractivity contribution < 1.29 is 14.3 Å². The molecule has 0 saturated heterocycles. The van der Waals surface area contributed by atoms with Gasteiger partial charge in [0.05, 0.1) is 25.8 Å². The van der Waals surface area contributed by atoms with E-state index in [1.54, 1.807) is 24.3 Å². The monoisotopic (exact) mass is 381 g/mol. The molecule has 1 saturated carbocycles. The number of hydrogen-bond donors (Lipinski definition) is 0. The van der Waals surface area contributed by atoms with Gasteiger partial charge in [-0.1, -0.05) is 6.07 Å². The number of ether oxygens (including phenoxy) is 2. The summed E-state index contributed by atoms with van der Waals surface area (Å²) in [4.78, 5) is 24.0. The molecule has 1 fully saturated rings. The van der Waals surface area contributed by atoms with E-state index in [1.807, 2.05) is 27.7 Å². The van der Waals surface area contributed by atoms with Gasteiger partial charge in [-0.25, -0.2) is 4.79 Å². The maximum atomic E-state index is 12.1. The Morgan fingerprint density at radius 2 is 1.86 bits per heavy atom. The zero-order valence-corrected chi connectivity index (χ0v) is 16.0. The van der Waals surface area contributed by atoms with E-state index in [-0.39, 0.29) is 17.6 Å². The maximum Gasteiger partial charge on any atom is 0.341 e. The van der Waals surface area contributed by atoms with Crippen LogP contribution < -0.4 is 10.3 Å². The van der Waals surface area contributed by atoms with Gasteiger partial charge in [-0.15, -0.1) is 0 Å². The van der Waals surface area contributed by atoms with Crippen LogP contribution in [-0.4, -0.2) is 34.5 Å². The van der Waals surface area contributed by atoms with Crippen molar-refractivity contribution in [3.63, 3.8) is 0 Å². The topological polar surface area (TPSA) is 75.4 Å². The SMILES string of the molecule is COC(=O)c1cc2cn(C3CCC(n4ccccc4=O)CC3)nc2cc1OC. The first-order valence-corrected chi connectivity index (χ1v) is 9.43. The van der Waals surface area contributed by atoms with E-state index >= 15 is 0 Å². The first-order chi connectivity index (χ1) is 13.6. The number of nitrogens with zero attached hydrogens (tertiary/aromatic N) is 3. The fourth-order valence-corrected chi connectivity index (χ4v) is 4.04. The Hall–Kier alpha value is -3.09. The average Bonchev–Trinajstić information content (AvgIpc) is 3.15. The molecule has 2 aromatic heterocycles. The molecule has 1 aliphatic rings. The van der Waals surface area contributed by atoms with Crippen LogP contribution in [0.2, 0.25) is 0 Å². The van der Waals surface area contributed by atoms with E-state index in [0.29, 0.717) is 11.3 Å². The molecular formula is C21H23N3O4. The quantitative estimate of drug-likeness (QED) is 0.648. The summed E-state index contributed by atoms with van der Waals surface area (Å²) in [5.41, 5.74) is 1.23. The Kier molecular flexibility index (Phi) is 4.90. The highest BCUT2D eigenvalue weighted by atomic mass is 16.5. The second-order valence-corrected chi connectivity index (χ2v) is 7.12. The van der Waals surface area contributed by atoms with Gasteiger partial charge in [0.1, 0.15) is 11.3 Å². The molecule has 1 aromatic carbocycles. The van der Waals surface area contributed by atoms with Gasteiger partial charge in [0, 0.05) is 36.0 Å². The Balaban J connectivity index is 1.56. The third-order valence-electron chi connectivity index (χ3n) is 5.53. The molecule has 28 heavy (non-hydrogen) atoms. The van der Waals surface area contributed by atoms with Gasteiger partial charge in [0.15, 0.2) is 0 Å². The Morgan fingerprint density at radius 3 is 2.54 bits per heavy atom.